The van der Waals surface area contributed by atoms with Crippen molar-refractivity contribution in [2.75, 3.05) is 46.4 Å². The van der Waals surface area contributed by atoms with Crippen LogP contribution >= 0.6 is 0 Å². The first-order chi connectivity index (χ1) is 9.93. The Morgan fingerprint density at radius 3 is 2.33 bits per heavy atom. The van der Waals surface area contributed by atoms with Crippen molar-refractivity contribution in [3.63, 3.8) is 0 Å². The third-order valence-corrected chi connectivity index (χ3v) is 3.49. The number of urea groups is 1. The summed E-state index contributed by atoms with van der Waals surface area (Å²) in [6.45, 7) is 8.62. The highest BCUT2D eigenvalue weighted by Crippen LogP contribution is 2.06. The van der Waals surface area contributed by atoms with Gasteiger partial charge in [0.2, 0.25) is 0 Å². The van der Waals surface area contributed by atoms with Crippen molar-refractivity contribution in [3.8, 4) is 0 Å². The zero-order valence-corrected chi connectivity index (χ0v) is 13.2. The fraction of sp³-hybridized carbons (Fsp3) is 0.857. The molecule has 1 saturated heterocycles. The van der Waals surface area contributed by atoms with Gasteiger partial charge in [-0.15, -0.1) is 0 Å². The van der Waals surface area contributed by atoms with Gasteiger partial charge in [0.05, 0.1) is 0 Å². The predicted molar refractivity (Wildman–Crippen MR) is 79.3 cm³/mol. The number of carboxylic acid groups (broad SMARTS) is 1. The number of piperazine rings is 1. The minimum absolute atomic E-state index is 0.269. The number of hydrogen-bond acceptors (Lipinski definition) is 4. The van der Waals surface area contributed by atoms with Crippen LogP contribution in [-0.4, -0.2) is 79.4 Å². The van der Waals surface area contributed by atoms with Crippen molar-refractivity contribution in [2.24, 2.45) is 5.92 Å². The summed E-state index contributed by atoms with van der Waals surface area (Å²) in [5.74, 6) is -0.422. The Balaban J connectivity index is 2.40. The number of amides is 2. The Bertz CT molecular complexity index is 341. The van der Waals surface area contributed by atoms with Crippen LogP contribution in [0, 0.1) is 5.92 Å². The van der Waals surface area contributed by atoms with E-state index in [1.165, 1.54) is 7.11 Å². The fourth-order valence-corrected chi connectivity index (χ4v) is 2.38. The second-order valence-electron chi connectivity index (χ2n) is 5.80. The first-order valence-corrected chi connectivity index (χ1v) is 7.43. The predicted octanol–water partition coefficient (Wildman–Crippen LogP) is 0.459. The van der Waals surface area contributed by atoms with E-state index in [0.29, 0.717) is 25.6 Å². The third-order valence-electron chi connectivity index (χ3n) is 3.49. The molecule has 1 atom stereocenters. The van der Waals surface area contributed by atoms with Crippen LogP contribution < -0.4 is 5.32 Å². The average molecular weight is 301 g/mol. The summed E-state index contributed by atoms with van der Waals surface area (Å²) in [5.41, 5.74) is 0. The van der Waals surface area contributed by atoms with Gasteiger partial charge in [0, 0.05) is 52.9 Å². The van der Waals surface area contributed by atoms with Crippen molar-refractivity contribution in [3.05, 3.63) is 0 Å². The smallest absolute Gasteiger partial charge is 0.326 e. The molecular formula is C14H27N3O4. The molecule has 0 radical (unpaired) electrons. The number of carbonyl (C=O) groups is 2. The standard InChI is InChI=1S/C14H27N3O4/c1-11(2)10-16-5-7-17(8-6-16)14(20)15-12(13(18)19)4-9-21-3/h11-12H,4-10H2,1-3H3,(H,15,20)(H,18,19). The van der Waals surface area contributed by atoms with Gasteiger partial charge in [-0.05, 0) is 5.92 Å². The van der Waals surface area contributed by atoms with Crippen LogP contribution in [0.25, 0.3) is 0 Å². The van der Waals surface area contributed by atoms with Gasteiger partial charge in [0.1, 0.15) is 6.04 Å². The molecule has 21 heavy (non-hydrogen) atoms. The maximum atomic E-state index is 12.1. The zero-order chi connectivity index (χ0) is 15.8. The van der Waals surface area contributed by atoms with E-state index in [2.05, 4.69) is 24.1 Å². The Labute approximate surface area is 126 Å². The summed E-state index contributed by atoms with van der Waals surface area (Å²) in [7, 11) is 1.51. The molecule has 0 bridgehead atoms. The molecule has 0 aliphatic carbocycles. The van der Waals surface area contributed by atoms with Crippen molar-refractivity contribution >= 4 is 12.0 Å². The van der Waals surface area contributed by atoms with Gasteiger partial charge >= 0.3 is 12.0 Å². The van der Waals surface area contributed by atoms with Crippen LogP contribution in [0.2, 0.25) is 0 Å². The molecule has 1 rings (SSSR count). The van der Waals surface area contributed by atoms with Crippen LogP contribution in [0.15, 0.2) is 0 Å². The second-order valence-corrected chi connectivity index (χ2v) is 5.80. The summed E-state index contributed by atoms with van der Waals surface area (Å²) in [6, 6.07) is -1.20. The van der Waals surface area contributed by atoms with E-state index in [1.54, 1.807) is 4.90 Å². The maximum absolute atomic E-state index is 12.1. The molecule has 7 heteroatoms. The summed E-state index contributed by atoms with van der Waals surface area (Å²) in [4.78, 5) is 27.2. The van der Waals surface area contributed by atoms with Gasteiger partial charge in [-0.1, -0.05) is 13.8 Å². The highest BCUT2D eigenvalue weighted by molar-refractivity contribution is 5.82. The number of ether oxygens (including phenoxy) is 1. The minimum Gasteiger partial charge on any atom is -0.480 e. The number of nitrogens with one attached hydrogen (secondary N) is 1. The van der Waals surface area contributed by atoms with Crippen LogP contribution in [0.1, 0.15) is 20.3 Å². The summed E-state index contributed by atoms with van der Waals surface area (Å²) < 4.78 is 4.87. The molecule has 0 spiro atoms. The van der Waals surface area contributed by atoms with Crippen molar-refractivity contribution in [1.82, 2.24) is 15.1 Å². The number of methoxy groups -OCH3 is 1. The van der Waals surface area contributed by atoms with E-state index in [4.69, 9.17) is 9.84 Å². The topological polar surface area (TPSA) is 82.1 Å². The van der Waals surface area contributed by atoms with Crippen LogP contribution in [-0.2, 0) is 9.53 Å². The zero-order valence-electron chi connectivity index (χ0n) is 13.2. The molecular weight excluding hydrogens is 274 g/mol. The Morgan fingerprint density at radius 2 is 1.86 bits per heavy atom. The van der Waals surface area contributed by atoms with E-state index in [-0.39, 0.29) is 12.5 Å². The maximum Gasteiger partial charge on any atom is 0.326 e. The lowest BCUT2D eigenvalue weighted by Crippen LogP contribution is -2.55. The molecule has 1 aliphatic rings. The number of nitrogens with zero attached hydrogens (tertiary/aromatic N) is 2. The van der Waals surface area contributed by atoms with Gasteiger partial charge < -0.3 is 20.1 Å². The first-order valence-electron chi connectivity index (χ1n) is 7.43. The number of aliphatic carboxylic acids is 1. The molecule has 2 N–H and O–H groups in total. The van der Waals surface area contributed by atoms with E-state index in [0.717, 1.165) is 19.6 Å². The SMILES string of the molecule is COCCC(NC(=O)N1CCN(CC(C)C)CC1)C(=O)O. The minimum atomic E-state index is -1.03. The van der Waals surface area contributed by atoms with Gasteiger partial charge in [0.25, 0.3) is 0 Å². The molecule has 0 aromatic carbocycles. The highest BCUT2D eigenvalue weighted by atomic mass is 16.5. The van der Waals surface area contributed by atoms with Crippen LogP contribution in [0.3, 0.4) is 0 Å². The fourth-order valence-electron chi connectivity index (χ4n) is 2.38. The van der Waals surface area contributed by atoms with Crippen LogP contribution in [0.5, 0.6) is 0 Å². The second kappa shape index (κ2) is 8.84. The largest absolute Gasteiger partial charge is 0.480 e. The molecule has 1 heterocycles. The van der Waals surface area contributed by atoms with Gasteiger partial charge in [-0.3, -0.25) is 4.90 Å². The molecule has 122 valence electrons. The van der Waals surface area contributed by atoms with Crippen molar-refractivity contribution in [1.29, 1.82) is 0 Å². The normalized spacial score (nSPS) is 17.8. The molecule has 2 amide bonds. The quantitative estimate of drug-likeness (QED) is 0.714. The first kappa shape index (κ1) is 17.7. The van der Waals surface area contributed by atoms with E-state index in [9.17, 15) is 9.59 Å². The number of rotatable bonds is 7. The summed E-state index contributed by atoms with van der Waals surface area (Å²) >= 11 is 0. The summed E-state index contributed by atoms with van der Waals surface area (Å²) in [6.07, 6.45) is 0.269. The molecule has 1 aliphatic heterocycles. The molecule has 0 aromatic heterocycles. The third kappa shape index (κ3) is 6.31. The monoisotopic (exact) mass is 301 g/mol. The van der Waals surface area contributed by atoms with E-state index >= 15 is 0 Å². The number of carbonyl (C=O) groups excluding carboxylic acids is 1. The van der Waals surface area contributed by atoms with E-state index < -0.39 is 12.0 Å². The van der Waals surface area contributed by atoms with Crippen LogP contribution in [0.4, 0.5) is 4.79 Å². The molecule has 7 nitrogen and oxygen atoms in total. The van der Waals surface area contributed by atoms with Crippen molar-refractivity contribution in [2.45, 2.75) is 26.3 Å². The Kier molecular flexibility index (Phi) is 7.45. The highest BCUT2D eigenvalue weighted by Gasteiger charge is 2.25. The lowest BCUT2D eigenvalue weighted by atomic mass is 10.2. The Morgan fingerprint density at radius 1 is 1.24 bits per heavy atom. The van der Waals surface area contributed by atoms with Gasteiger partial charge in [0.15, 0.2) is 0 Å². The Hall–Kier alpha value is -1.34. The lowest BCUT2D eigenvalue weighted by Gasteiger charge is -2.35. The molecule has 0 saturated carbocycles. The van der Waals surface area contributed by atoms with Gasteiger partial charge in [-0.25, -0.2) is 9.59 Å². The number of hydrogen-bond donors (Lipinski definition) is 2. The molecule has 0 aromatic rings. The summed E-state index contributed by atoms with van der Waals surface area (Å²) in [5, 5.41) is 11.7. The average Bonchev–Trinajstić information content (AvgIpc) is 2.43. The lowest BCUT2D eigenvalue weighted by molar-refractivity contribution is -0.139. The van der Waals surface area contributed by atoms with Gasteiger partial charge in [-0.2, -0.15) is 0 Å². The van der Waals surface area contributed by atoms with Crippen molar-refractivity contribution < 1.29 is 19.4 Å². The molecule has 1 fully saturated rings. The van der Waals surface area contributed by atoms with E-state index in [1.807, 2.05) is 0 Å². The number of carboxylic acids is 1. The molecule has 1 unspecified atom stereocenters.